The number of sulfonamides is 1. The molecule has 1 aliphatic rings. The molecule has 1 aromatic rings. The standard InChI is InChI=1S/C11H14Cl2N2O2S/c1-11(2)4-3-5-15(11)18(16,17)8-6-9(12)10(13)14-7-8/h6-7H,3-5H2,1-2H3. The van der Waals surface area contributed by atoms with Gasteiger partial charge in [-0.1, -0.05) is 23.2 Å². The van der Waals surface area contributed by atoms with Gasteiger partial charge in [-0.15, -0.1) is 0 Å². The second-order valence-corrected chi connectivity index (χ2v) is 7.56. The highest BCUT2D eigenvalue weighted by molar-refractivity contribution is 7.89. The number of aromatic nitrogens is 1. The van der Waals surface area contributed by atoms with Gasteiger partial charge in [-0.25, -0.2) is 13.4 Å². The van der Waals surface area contributed by atoms with Crippen molar-refractivity contribution in [1.82, 2.24) is 9.29 Å². The molecule has 7 heteroatoms. The Morgan fingerprint density at radius 3 is 2.56 bits per heavy atom. The van der Waals surface area contributed by atoms with Crippen LogP contribution in [0.5, 0.6) is 0 Å². The molecule has 0 aromatic carbocycles. The van der Waals surface area contributed by atoms with E-state index in [1.165, 1.54) is 16.6 Å². The summed E-state index contributed by atoms with van der Waals surface area (Å²) in [4.78, 5) is 3.88. The minimum absolute atomic E-state index is 0.0897. The number of rotatable bonds is 2. The molecule has 18 heavy (non-hydrogen) atoms. The average molecular weight is 309 g/mol. The zero-order valence-electron chi connectivity index (χ0n) is 10.2. The third kappa shape index (κ3) is 2.37. The predicted molar refractivity (Wildman–Crippen MR) is 71.5 cm³/mol. The molecule has 0 unspecified atom stereocenters. The number of pyridine rings is 1. The fourth-order valence-corrected chi connectivity index (χ4v) is 4.35. The van der Waals surface area contributed by atoms with Crippen LogP contribution in [0.25, 0.3) is 0 Å². The molecule has 1 aromatic heterocycles. The Balaban J connectivity index is 2.45. The van der Waals surface area contributed by atoms with E-state index >= 15 is 0 Å². The maximum Gasteiger partial charge on any atom is 0.245 e. The minimum atomic E-state index is -3.56. The molecule has 1 fully saturated rings. The van der Waals surface area contributed by atoms with Crippen LogP contribution in [-0.2, 0) is 10.0 Å². The van der Waals surface area contributed by atoms with Gasteiger partial charge in [-0.2, -0.15) is 4.31 Å². The SMILES string of the molecule is CC1(C)CCCN1S(=O)(=O)c1cnc(Cl)c(Cl)c1. The van der Waals surface area contributed by atoms with Crippen LogP contribution in [-0.4, -0.2) is 29.8 Å². The van der Waals surface area contributed by atoms with Crippen molar-refractivity contribution in [3.8, 4) is 0 Å². The lowest BCUT2D eigenvalue weighted by Gasteiger charge is -2.30. The van der Waals surface area contributed by atoms with Crippen molar-refractivity contribution in [3.05, 3.63) is 22.4 Å². The Kier molecular flexibility index (Phi) is 3.62. The van der Waals surface area contributed by atoms with Crippen molar-refractivity contribution >= 4 is 33.2 Å². The maximum absolute atomic E-state index is 12.5. The van der Waals surface area contributed by atoms with Gasteiger partial charge in [0.25, 0.3) is 0 Å². The first-order chi connectivity index (χ1) is 8.25. The van der Waals surface area contributed by atoms with Gasteiger partial charge in [0.05, 0.1) is 5.02 Å². The van der Waals surface area contributed by atoms with Crippen molar-refractivity contribution in [2.75, 3.05) is 6.54 Å². The monoisotopic (exact) mass is 308 g/mol. The second kappa shape index (κ2) is 4.63. The topological polar surface area (TPSA) is 50.3 Å². The zero-order chi connectivity index (χ0) is 13.6. The lowest BCUT2D eigenvalue weighted by Crippen LogP contribution is -2.42. The van der Waals surface area contributed by atoms with Crippen molar-refractivity contribution in [3.63, 3.8) is 0 Å². The molecule has 0 spiro atoms. The Hall–Kier alpha value is -0.360. The Morgan fingerprint density at radius 2 is 2.06 bits per heavy atom. The maximum atomic E-state index is 12.5. The normalized spacial score (nSPS) is 20.2. The van der Waals surface area contributed by atoms with Crippen molar-refractivity contribution in [2.45, 2.75) is 37.1 Å². The van der Waals surface area contributed by atoms with Gasteiger partial charge in [-0.3, -0.25) is 0 Å². The highest BCUT2D eigenvalue weighted by Crippen LogP contribution is 2.34. The van der Waals surface area contributed by atoms with Crippen LogP contribution in [0.4, 0.5) is 0 Å². The highest BCUT2D eigenvalue weighted by atomic mass is 35.5. The summed E-state index contributed by atoms with van der Waals surface area (Å²) in [5, 5.41) is 0.256. The molecular weight excluding hydrogens is 295 g/mol. The number of hydrogen-bond acceptors (Lipinski definition) is 3. The van der Waals surface area contributed by atoms with Crippen molar-refractivity contribution < 1.29 is 8.42 Å². The number of halogens is 2. The van der Waals surface area contributed by atoms with Crippen molar-refractivity contribution in [2.24, 2.45) is 0 Å². The fourth-order valence-electron chi connectivity index (χ4n) is 2.20. The van der Waals surface area contributed by atoms with E-state index in [1.54, 1.807) is 0 Å². The first-order valence-corrected chi connectivity index (χ1v) is 7.79. The molecule has 2 heterocycles. The van der Waals surface area contributed by atoms with Gasteiger partial charge >= 0.3 is 0 Å². The van der Waals surface area contributed by atoms with E-state index in [0.29, 0.717) is 6.54 Å². The Bertz CT molecular complexity index is 572. The van der Waals surface area contributed by atoms with Gasteiger partial charge in [0, 0.05) is 18.3 Å². The van der Waals surface area contributed by atoms with E-state index in [2.05, 4.69) is 4.98 Å². The minimum Gasteiger partial charge on any atom is -0.242 e. The van der Waals surface area contributed by atoms with Crippen LogP contribution in [0.1, 0.15) is 26.7 Å². The molecule has 0 bridgehead atoms. The third-order valence-corrected chi connectivity index (χ3v) is 5.95. The Morgan fingerprint density at radius 1 is 1.39 bits per heavy atom. The molecule has 100 valence electrons. The molecule has 0 aliphatic carbocycles. The molecule has 0 N–H and O–H groups in total. The van der Waals surface area contributed by atoms with Gasteiger partial charge in [0.15, 0.2) is 0 Å². The molecule has 1 saturated heterocycles. The van der Waals surface area contributed by atoms with Crippen LogP contribution in [0.2, 0.25) is 10.2 Å². The molecule has 4 nitrogen and oxygen atoms in total. The summed E-state index contributed by atoms with van der Waals surface area (Å²) in [5.74, 6) is 0. The molecule has 0 radical (unpaired) electrons. The predicted octanol–water partition coefficient (Wildman–Crippen LogP) is 2.95. The van der Waals surface area contributed by atoms with E-state index in [9.17, 15) is 8.42 Å². The van der Waals surface area contributed by atoms with Crippen LogP contribution in [0.3, 0.4) is 0 Å². The van der Waals surface area contributed by atoms with E-state index in [0.717, 1.165) is 12.8 Å². The largest absolute Gasteiger partial charge is 0.245 e. The fraction of sp³-hybridized carbons (Fsp3) is 0.545. The van der Waals surface area contributed by atoms with Crippen LogP contribution < -0.4 is 0 Å². The van der Waals surface area contributed by atoms with Crippen LogP contribution in [0, 0.1) is 0 Å². The summed E-state index contributed by atoms with van der Waals surface area (Å²) in [6.45, 7) is 4.36. The average Bonchev–Trinajstić information content (AvgIpc) is 2.62. The zero-order valence-corrected chi connectivity index (χ0v) is 12.5. The number of hydrogen-bond donors (Lipinski definition) is 0. The highest BCUT2D eigenvalue weighted by Gasteiger charge is 2.41. The first kappa shape index (κ1) is 14.1. The van der Waals surface area contributed by atoms with Gasteiger partial charge in [0.2, 0.25) is 10.0 Å². The Labute approximate surface area is 117 Å². The molecular formula is C11H14Cl2N2O2S. The van der Waals surface area contributed by atoms with Gasteiger partial charge in [0.1, 0.15) is 10.0 Å². The van der Waals surface area contributed by atoms with Crippen LogP contribution >= 0.6 is 23.2 Å². The lowest BCUT2D eigenvalue weighted by atomic mass is 10.0. The van der Waals surface area contributed by atoms with Gasteiger partial charge in [-0.05, 0) is 32.8 Å². The second-order valence-electron chi connectivity index (χ2n) is 4.94. The molecule has 0 atom stereocenters. The summed E-state index contributed by atoms with van der Waals surface area (Å²) >= 11 is 11.5. The molecule has 0 saturated carbocycles. The molecule has 2 rings (SSSR count). The summed E-state index contributed by atoms with van der Waals surface area (Å²) in [6, 6.07) is 1.35. The summed E-state index contributed by atoms with van der Waals surface area (Å²) < 4.78 is 26.5. The van der Waals surface area contributed by atoms with Crippen molar-refractivity contribution in [1.29, 1.82) is 0 Å². The first-order valence-electron chi connectivity index (χ1n) is 5.59. The quantitative estimate of drug-likeness (QED) is 0.789. The van der Waals surface area contributed by atoms with E-state index in [-0.39, 0.29) is 20.6 Å². The smallest absolute Gasteiger partial charge is 0.242 e. The summed E-state index contributed by atoms with van der Waals surface area (Å²) in [5.41, 5.74) is -0.370. The third-order valence-electron chi connectivity index (χ3n) is 3.18. The van der Waals surface area contributed by atoms with E-state index < -0.39 is 10.0 Å². The van der Waals surface area contributed by atoms with E-state index in [4.69, 9.17) is 23.2 Å². The van der Waals surface area contributed by atoms with Gasteiger partial charge < -0.3 is 0 Å². The summed E-state index contributed by atoms with van der Waals surface area (Å²) in [6.07, 6.45) is 2.96. The van der Waals surface area contributed by atoms with Crippen LogP contribution in [0.15, 0.2) is 17.2 Å². The lowest BCUT2D eigenvalue weighted by molar-refractivity contribution is 0.291. The molecule has 1 aliphatic heterocycles. The number of nitrogens with zero attached hydrogens (tertiary/aromatic N) is 2. The summed E-state index contributed by atoms with van der Waals surface area (Å²) in [7, 11) is -3.56. The molecule has 0 amide bonds. The van der Waals surface area contributed by atoms with E-state index in [1.807, 2.05) is 13.8 Å².